The molecule has 2 aliphatic rings. The standard InChI is InChI=1S/C23H21F3N7O2S/c24-23(25,26)18-7-17(34)20(36-18)22(35)31-5-2-14(3-6-31)32-10-15(11-32)33-9-13(8-30-33)19-16-1-4-27-21(16)29-12-28-19/h1,4,7-9,12,14,34H,2-3,5-6,10-11H2,(H,27,28,29). The summed E-state index contributed by atoms with van der Waals surface area (Å²) in [6.07, 6.45) is 3.95. The van der Waals surface area contributed by atoms with Crippen LogP contribution in [0, 0.1) is 6.04 Å². The number of hydrogen-bond donors (Lipinski definition) is 2. The van der Waals surface area contributed by atoms with Crippen LogP contribution in [-0.2, 0) is 6.18 Å². The molecule has 9 nitrogen and oxygen atoms in total. The summed E-state index contributed by atoms with van der Waals surface area (Å²) in [5.41, 5.74) is 2.50. The average molecular weight is 517 g/mol. The lowest BCUT2D eigenvalue weighted by atomic mass is 9.97. The Morgan fingerprint density at radius 2 is 1.97 bits per heavy atom. The van der Waals surface area contributed by atoms with E-state index in [1.807, 2.05) is 23.1 Å². The number of nitrogens with zero attached hydrogens (tertiary/aromatic N) is 6. The zero-order valence-electron chi connectivity index (χ0n) is 18.9. The van der Waals surface area contributed by atoms with Crippen LogP contribution in [0.4, 0.5) is 13.2 Å². The number of aromatic amines is 1. The zero-order chi connectivity index (χ0) is 25.0. The van der Waals surface area contributed by atoms with Crippen molar-refractivity contribution < 1.29 is 23.1 Å². The Morgan fingerprint density at radius 1 is 1.19 bits per heavy atom. The number of hydrogen-bond acceptors (Lipinski definition) is 7. The molecular weight excluding hydrogens is 495 g/mol. The number of amides is 1. The molecule has 0 saturated carbocycles. The number of halogens is 3. The lowest BCUT2D eigenvalue weighted by molar-refractivity contribution is -0.134. The van der Waals surface area contributed by atoms with Crippen molar-refractivity contribution >= 4 is 28.3 Å². The molecule has 2 saturated heterocycles. The third-order valence-corrected chi connectivity index (χ3v) is 7.92. The molecule has 0 spiro atoms. The number of likely N-dealkylation sites (tertiary alicyclic amines) is 2. The van der Waals surface area contributed by atoms with Gasteiger partial charge in [0.25, 0.3) is 5.91 Å². The monoisotopic (exact) mass is 516 g/mol. The number of nitrogens with one attached hydrogen (secondary N) is 1. The first kappa shape index (κ1) is 23.0. The zero-order valence-corrected chi connectivity index (χ0v) is 19.7. The molecule has 2 aliphatic heterocycles. The lowest BCUT2D eigenvalue weighted by Gasteiger charge is -2.46. The number of carbonyl (C=O) groups excluding carboxylic acids is 1. The third-order valence-electron chi connectivity index (χ3n) is 6.76. The van der Waals surface area contributed by atoms with E-state index in [0.29, 0.717) is 43.3 Å². The maximum Gasteiger partial charge on any atom is 0.425 e. The van der Waals surface area contributed by atoms with Gasteiger partial charge >= 0.3 is 6.18 Å². The molecule has 4 aromatic rings. The molecule has 36 heavy (non-hydrogen) atoms. The molecule has 187 valence electrons. The summed E-state index contributed by atoms with van der Waals surface area (Å²) in [7, 11) is 0. The summed E-state index contributed by atoms with van der Waals surface area (Å²) in [6.45, 7) is 2.37. The maximum atomic E-state index is 12.9. The highest BCUT2D eigenvalue weighted by atomic mass is 32.1. The van der Waals surface area contributed by atoms with Gasteiger partial charge in [-0.2, -0.15) is 18.3 Å². The predicted molar refractivity (Wildman–Crippen MR) is 125 cm³/mol. The van der Waals surface area contributed by atoms with Gasteiger partial charge in [-0.25, -0.2) is 9.97 Å². The Balaban J connectivity index is 1.04. The third kappa shape index (κ3) is 4.01. The molecule has 0 aromatic carbocycles. The minimum absolute atomic E-state index is 0.254. The van der Waals surface area contributed by atoms with E-state index in [9.17, 15) is 23.1 Å². The molecule has 6 rings (SSSR count). The van der Waals surface area contributed by atoms with E-state index >= 15 is 0 Å². The molecule has 13 heteroatoms. The molecule has 1 radical (unpaired) electrons. The molecular formula is C23H21F3N7O2S. The number of thiophene rings is 1. The minimum atomic E-state index is -4.59. The molecule has 2 N–H and O–H groups in total. The van der Waals surface area contributed by atoms with Crippen molar-refractivity contribution in [3.05, 3.63) is 52.8 Å². The highest BCUT2D eigenvalue weighted by Gasteiger charge is 2.39. The number of rotatable bonds is 4. The van der Waals surface area contributed by atoms with Gasteiger partial charge in [-0.15, -0.1) is 11.3 Å². The largest absolute Gasteiger partial charge is 0.506 e. The summed E-state index contributed by atoms with van der Waals surface area (Å²) >= 11 is 0.291. The predicted octanol–water partition coefficient (Wildman–Crippen LogP) is 3.61. The number of aromatic nitrogens is 5. The molecule has 0 aliphatic carbocycles. The summed E-state index contributed by atoms with van der Waals surface area (Å²) in [5.74, 6) is -1.16. The molecule has 1 amide bonds. The fraction of sp³-hybridized carbons (Fsp3) is 0.348. The van der Waals surface area contributed by atoms with Crippen LogP contribution in [-0.4, -0.2) is 77.8 Å². The van der Waals surface area contributed by atoms with Gasteiger partial charge < -0.3 is 15.0 Å². The van der Waals surface area contributed by atoms with Crippen molar-refractivity contribution in [2.45, 2.75) is 25.1 Å². The fourth-order valence-electron chi connectivity index (χ4n) is 4.80. The van der Waals surface area contributed by atoms with Crippen molar-refractivity contribution in [1.82, 2.24) is 34.5 Å². The molecule has 0 unspecified atom stereocenters. The van der Waals surface area contributed by atoms with E-state index in [0.717, 1.165) is 41.4 Å². The number of H-pyrrole nitrogens is 1. The number of fused-ring (bicyclic) bond motifs is 1. The van der Waals surface area contributed by atoms with Gasteiger partial charge in [0.05, 0.1) is 11.9 Å². The van der Waals surface area contributed by atoms with Gasteiger partial charge in [0, 0.05) is 61.6 Å². The van der Waals surface area contributed by atoms with Crippen LogP contribution in [0.3, 0.4) is 0 Å². The van der Waals surface area contributed by atoms with Crippen molar-refractivity contribution in [2.75, 3.05) is 26.2 Å². The molecule has 6 heterocycles. The van der Waals surface area contributed by atoms with Crippen molar-refractivity contribution in [1.29, 1.82) is 0 Å². The Labute approximate surface area is 207 Å². The minimum Gasteiger partial charge on any atom is -0.506 e. The topological polar surface area (TPSA) is 103 Å². The first-order valence-electron chi connectivity index (χ1n) is 11.4. The normalized spacial score (nSPS) is 18.1. The Hall–Kier alpha value is -3.45. The van der Waals surface area contributed by atoms with Crippen molar-refractivity contribution in [2.24, 2.45) is 0 Å². The maximum absolute atomic E-state index is 12.9. The highest BCUT2D eigenvalue weighted by molar-refractivity contribution is 7.14. The molecule has 2 fully saturated rings. The van der Waals surface area contributed by atoms with Crippen LogP contribution in [0.25, 0.3) is 22.3 Å². The van der Waals surface area contributed by atoms with E-state index < -0.39 is 22.7 Å². The second-order valence-electron chi connectivity index (χ2n) is 8.95. The fourth-order valence-corrected chi connectivity index (χ4v) is 5.68. The number of aromatic hydroxyl groups is 1. The summed E-state index contributed by atoms with van der Waals surface area (Å²) in [6, 6.07) is 3.99. The SMILES string of the molecule is O=C(c1sc(C(F)(F)F)cc1O)N1CCC(N2C[C](n3cc(-c4ncnc5[nH]ccc45)cn3)C2)CC1. The summed E-state index contributed by atoms with van der Waals surface area (Å²) in [5, 5.41) is 15.3. The second-order valence-corrected chi connectivity index (χ2v) is 10.0. The van der Waals surface area contributed by atoms with Gasteiger partial charge in [0.2, 0.25) is 0 Å². The molecule has 4 aromatic heterocycles. The quantitative estimate of drug-likeness (QED) is 0.430. The van der Waals surface area contributed by atoms with Crippen LogP contribution < -0.4 is 0 Å². The summed E-state index contributed by atoms with van der Waals surface area (Å²) in [4.78, 5) is 27.0. The van der Waals surface area contributed by atoms with E-state index in [1.165, 1.54) is 11.2 Å². The first-order valence-corrected chi connectivity index (χ1v) is 12.2. The summed E-state index contributed by atoms with van der Waals surface area (Å²) < 4.78 is 40.6. The average Bonchev–Trinajstić information content (AvgIpc) is 3.57. The van der Waals surface area contributed by atoms with Gasteiger partial charge in [0.15, 0.2) is 0 Å². The van der Waals surface area contributed by atoms with Crippen LogP contribution >= 0.6 is 11.3 Å². The van der Waals surface area contributed by atoms with E-state index in [2.05, 4.69) is 25.0 Å². The van der Waals surface area contributed by atoms with Crippen LogP contribution in [0.5, 0.6) is 5.75 Å². The van der Waals surface area contributed by atoms with E-state index in [-0.39, 0.29) is 10.9 Å². The highest BCUT2D eigenvalue weighted by Crippen LogP contribution is 2.40. The van der Waals surface area contributed by atoms with Crippen LogP contribution in [0.2, 0.25) is 0 Å². The van der Waals surface area contributed by atoms with Gasteiger partial charge in [-0.3, -0.25) is 14.4 Å². The Morgan fingerprint density at radius 3 is 2.69 bits per heavy atom. The number of piperidine rings is 1. The Kier molecular flexibility index (Phi) is 5.48. The smallest absolute Gasteiger partial charge is 0.425 e. The molecule has 0 bridgehead atoms. The Bertz CT molecular complexity index is 1410. The van der Waals surface area contributed by atoms with Crippen LogP contribution in [0.15, 0.2) is 37.1 Å². The number of carbonyl (C=O) groups is 1. The van der Waals surface area contributed by atoms with Crippen molar-refractivity contribution in [3.8, 4) is 17.0 Å². The van der Waals surface area contributed by atoms with E-state index in [1.54, 1.807) is 6.20 Å². The first-order chi connectivity index (χ1) is 17.3. The van der Waals surface area contributed by atoms with E-state index in [4.69, 9.17) is 0 Å². The van der Waals surface area contributed by atoms with Crippen molar-refractivity contribution in [3.63, 3.8) is 0 Å². The molecule has 0 atom stereocenters. The second kappa shape index (κ2) is 8.59. The number of alkyl halides is 3. The van der Waals surface area contributed by atoms with Gasteiger partial charge in [-0.1, -0.05) is 0 Å². The van der Waals surface area contributed by atoms with Crippen LogP contribution in [0.1, 0.15) is 27.4 Å². The van der Waals surface area contributed by atoms with Gasteiger partial charge in [0.1, 0.15) is 33.5 Å². The van der Waals surface area contributed by atoms with Gasteiger partial charge in [-0.05, 0) is 18.9 Å². The lowest BCUT2D eigenvalue weighted by Crippen LogP contribution is -2.56.